The van der Waals surface area contributed by atoms with Gasteiger partial charge in [-0.2, -0.15) is 0 Å². The monoisotopic (exact) mass is 357 g/mol. The number of carbonyl (C=O) groups is 1. The molecule has 3 aromatic heterocycles. The molecule has 0 radical (unpaired) electrons. The Balaban J connectivity index is 1.79. The van der Waals surface area contributed by atoms with Crippen LogP contribution in [0.15, 0.2) is 51.0 Å². The highest BCUT2D eigenvalue weighted by molar-refractivity contribution is 6.06. The first kappa shape index (κ1) is 17.7. The number of aliphatic hydroxyl groups excluding tert-OH is 1. The third-order valence-corrected chi connectivity index (χ3v) is 3.98. The summed E-state index contributed by atoms with van der Waals surface area (Å²) in [5, 5.41) is 12.8. The van der Waals surface area contributed by atoms with Gasteiger partial charge in [0.25, 0.3) is 11.5 Å². The Kier molecular flexibility index (Phi) is 5.04. The van der Waals surface area contributed by atoms with Gasteiger partial charge in [-0.3, -0.25) is 14.2 Å². The Morgan fingerprint density at radius 1 is 1.54 bits per heavy atom. The van der Waals surface area contributed by atoms with Gasteiger partial charge in [-0.15, -0.1) is 6.58 Å². The number of aromatic nitrogens is 2. The van der Waals surface area contributed by atoms with Crippen LogP contribution in [0.25, 0.3) is 11.1 Å². The molecular formula is C18H19N3O5. The van der Waals surface area contributed by atoms with Crippen LogP contribution in [0.1, 0.15) is 34.4 Å². The van der Waals surface area contributed by atoms with Gasteiger partial charge in [0.05, 0.1) is 11.8 Å². The molecule has 26 heavy (non-hydrogen) atoms. The van der Waals surface area contributed by atoms with Gasteiger partial charge < -0.3 is 19.3 Å². The third-order valence-electron chi connectivity index (χ3n) is 3.98. The number of aliphatic hydroxyl groups is 1. The molecule has 0 aliphatic heterocycles. The van der Waals surface area contributed by atoms with E-state index in [1.165, 1.54) is 17.2 Å². The van der Waals surface area contributed by atoms with Crippen molar-refractivity contribution < 1.29 is 18.7 Å². The van der Waals surface area contributed by atoms with Crippen LogP contribution in [0.5, 0.6) is 0 Å². The minimum absolute atomic E-state index is 0.119. The Hall–Kier alpha value is -3.13. The van der Waals surface area contributed by atoms with Gasteiger partial charge >= 0.3 is 0 Å². The minimum atomic E-state index is -0.820. The lowest BCUT2D eigenvalue weighted by molar-refractivity contribution is 0.0936. The zero-order valence-electron chi connectivity index (χ0n) is 14.3. The summed E-state index contributed by atoms with van der Waals surface area (Å²) in [6.45, 7) is 5.68. The molecule has 0 aromatic carbocycles. The number of allylic oxidation sites excluding steroid dienone is 1. The van der Waals surface area contributed by atoms with E-state index in [4.69, 9.17) is 8.83 Å². The van der Waals surface area contributed by atoms with Gasteiger partial charge in [0.2, 0.25) is 5.71 Å². The first-order valence-electron chi connectivity index (χ1n) is 8.12. The van der Waals surface area contributed by atoms with Crippen molar-refractivity contribution >= 4 is 17.0 Å². The fourth-order valence-corrected chi connectivity index (χ4v) is 2.71. The number of nitrogens with one attached hydrogen (secondary N) is 1. The number of fused-ring (bicyclic) bond motifs is 1. The van der Waals surface area contributed by atoms with Crippen LogP contribution in [-0.2, 0) is 6.54 Å². The summed E-state index contributed by atoms with van der Waals surface area (Å²) in [5.41, 5.74) is -0.0931. The maximum absolute atomic E-state index is 12.6. The molecule has 0 aliphatic carbocycles. The average molecular weight is 357 g/mol. The molecule has 1 amide bonds. The van der Waals surface area contributed by atoms with E-state index in [-0.39, 0.29) is 41.7 Å². The second-order valence-corrected chi connectivity index (χ2v) is 5.78. The first-order chi connectivity index (χ1) is 12.5. The minimum Gasteiger partial charge on any atom is -0.467 e. The Morgan fingerprint density at radius 2 is 2.35 bits per heavy atom. The van der Waals surface area contributed by atoms with Crippen molar-refractivity contribution in [1.82, 2.24) is 14.9 Å². The molecule has 3 aromatic rings. The van der Waals surface area contributed by atoms with E-state index in [9.17, 15) is 14.7 Å². The summed E-state index contributed by atoms with van der Waals surface area (Å²) in [4.78, 5) is 29.2. The van der Waals surface area contributed by atoms with E-state index in [0.717, 1.165) is 0 Å². The van der Waals surface area contributed by atoms with E-state index in [0.29, 0.717) is 11.5 Å². The lowest BCUT2D eigenvalue weighted by Gasteiger charge is -2.09. The van der Waals surface area contributed by atoms with Gasteiger partial charge in [-0.25, -0.2) is 4.98 Å². The molecule has 3 rings (SSSR count). The fourth-order valence-electron chi connectivity index (χ4n) is 2.71. The largest absolute Gasteiger partial charge is 0.467 e. The lowest BCUT2D eigenvalue weighted by atomic mass is 10.1. The predicted molar refractivity (Wildman–Crippen MR) is 93.8 cm³/mol. The normalized spacial score (nSPS) is 12.2. The standard InChI is InChI=1S/C18H19N3O5/c1-3-8-21-10-20-17-15(18(21)24)14(11(2)26-17)16(23)19-7-6-12(22)13-5-4-9-25-13/h3-5,9-10,12,22H,1,6-8H2,2H3,(H,19,23). The molecule has 136 valence electrons. The Labute approximate surface area is 148 Å². The second-order valence-electron chi connectivity index (χ2n) is 5.78. The van der Waals surface area contributed by atoms with E-state index in [1.807, 2.05) is 0 Å². The maximum atomic E-state index is 12.6. The Morgan fingerprint density at radius 3 is 3.04 bits per heavy atom. The summed E-state index contributed by atoms with van der Waals surface area (Å²) >= 11 is 0. The summed E-state index contributed by atoms with van der Waals surface area (Å²) in [5.74, 6) is 0.286. The van der Waals surface area contributed by atoms with E-state index in [1.54, 1.807) is 25.1 Å². The number of hydrogen-bond acceptors (Lipinski definition) is 6. The molecule has 0 aliphatic rings. The van der Waals surface area contributed by atoms with Crippen LogP contribution in [0.3, 0.4) is 0 Å². The van der Waals surface area contributed by atoms with E-state index in [2.05, 4.69) is 16.9 Å². The zero-order valence-corrected chi connectivity index (χ0v) is 14.3. The topological polar surface area (TPSA) is 110 Å². The molecule has 8 nitrogen and oxygen atoms in total. The van der Waals surface area contributed by atoms with Gasteiger partial charge in [-0.05, 0) is 25.5 Å². The number of hydrogen-bond donors (Lipinski definition) is 2. The lowest BCUT2D eigenvalue weighted by Crippen LogP contribution is -2.28. The number of amides is 1. The predicted octanol–water partition coefficient (Wildman–Crippen LogP) is 1.93. The molecule has 0 fully saturated rings. The highest BCUT2D eigenvalue weighted by Crippen LogP contribution is 2.21. The molecule has 0 spiro atoms. The van der Waals surface area contributed by atoms with Crippen LogP contribution in [0.4, 0.5) is 0 Å². The van der Waals surface area contributed by atoms with Crippen molar-refractivity contribution in [1.29, 1.82) is 0 Å². The van der Waals surface area contributed by atoms with Crippen LogP contribution in [0.2, 0.25) is 0 Å². The third kappa shape index (κ3) is 3.31. The van der Waals surface area contributed by atoms with Gasteiger partial charge in [0.1, 0.15) is 29.3 Å². The molecule has 1 atom stereocenters. The Bertz CT molecular complexity index is 984. The van der Waals surface area contributed by atoms with E-state index < -0.39 is 12.0 Å². The van der Waals surface area contributed by atoms with Crippen molar-refractivity contribution in [3.63, 3.8) is 0 Å². The van der Waals surface area contributed by atoms with E-state index >= 15 is 0 Å². The number of carbonyl (C=O) groups excluding carboxylic acids is 1. The molecule has 8 heteroatoms. The molecule has 3 heterocycles. The number of aryl methyl sites for hydroxylation is 1. The highest BCUT2D eigenvalue weighted by atomic mass is 16.4. The molecule has 0 saturated carbocycles. The van der Waals surface area contributed by atoms with Crippen LogP contribution >= 0.6 is 0 Å². The summed E-state index contributed by atoms with van der Waals surface area (Å²) in [6.07, 6.45) is 3.85. The van der Waals surface area contributed by atoms with Crippen LogP contribution in [-0.4, -0.2) is 27.1 Å². The number of nitrogens with zero attached hydrogens (tertiary/aromatic N) is 2. The summed E-state index contributed by atoms with van der Waals surface area (Å²) < 4.78 is 11.9. The zero-order chi connectivity index (χ0) is 18.7. The fraction of sp³-hybridized carbons (Fsp3) is 0.278. The van der Waals surface area contributed by atoms with Gasteiger partial charge in [0, 0.05) is 13.1 Å². The maximum Gasteiger partial charge on any atom is 0.265 e. The van der Waals surface area contributed by atoms with Crippen molar-refractivity contribution in [3.8, 4) is 0 Å². The summed E-state index contributed by atoms with van der Waals surface area (Å²) in [6, 6.07) is 3.34. The summed E-state index contributed by atoms with van der Waals surface area (Å²) in [7, 11) is 0. The van der Waals surface area contributed by atoms with Gasteiger partial charge in [-0.1, -0.05) is 6.08 Å². The van der Waals surface area contributed by atoms with Gasteiger partial charge in [0.15, 0.2) is 0 Å². The highest BCUT2D eigenvalue weighted by Gasteiger charge is 2.22. The number of rotatable bonds is 7. The molecule has 2 N–H and O–H groups in total. The SMILES string of the molecule is C=CCn1cnc2oc(C)c(C(=O)NCCC(O)c3ccco3)c2c1=O. The molecule has 0 saturated heterocycles. The second kappa shape index (κ2) is 7.40. The van der Waals surface area contributed by atoms with Crippen molar-refractivity contribution in [2.45, 2.75) is 26.0 Å². The molecule has 0 bridgehead atoms. The quantitative estimate of drug-likeness (QED) is 0.625. The first-order valence-corrected chi connectivity index (χ1v) is 8.12. The molecule has 1 unspecified atom stereocenters. The smallest absolute Gasteiger partial charge is 0.265 e. The molecular weight excluding hydrogens is 338 g/mol. The van der Waals surface area contributed by atoms with Crippen LogP contribution in [0, 0.1) is 6.92 Å². The van der Waals surface area contributed by atoms with Crippen molar-refractivity contribution in [3.05, 3.63) is 64.8 Å². The van der Waals surface area contributed by atoms with Crippen LogP contribution < -0.4 is 10.9 Å². The van der Waals surface area contributed by atoms with Crippen molar-refractivity contribution in [2.75, 3.05) is 6.54 Å². The average Bonchev–Trinajstić information content (AvgIpc) is 3.25. The van der Waals surface area contributed by atoms with Crippen molar-refractivity contribution in [2.24, 2.45) is 0 Å². The number of furan rings is 2.